The van der Waals surface area contributed by atoms with Crippen molar-refractivity contribution < 1.29 is 33.8 Å². The van der Waals surface area contributed by atoms with Crippen LogP contribution < -0.4 is 21.3 Å². The molecule has 0 saturated carbocycles. The van der Waals surface area contributed by atoms with Gasteiger partial charge in [-0.3, -0.25) is 19.2 Å². The van der Waals surface area contributed by atoms with E-state index in [1.807, 2.05) is 64.3 Å². The summed E-state index contributed by atoms with van der Waals surface area (Å²) in [5, 5.41) is 19.5. The van der Waals surface area contributed by atoms with Gasteiger partial charge < -0.3 is 31.1 Å². The largest absolute Gasteiger partial charge is 0.481 e. The van der Waals surface area contributed by atoms with Crippen LogP contribution in [0.1, 0.15) is 52.5 Å². The van der Waals surface area contributed by atoms with E-state index in [2.05, 4.69) is 21.3 Å². The first-order valence-electron chi connectivity index (χ1n) is 13.5. The first-order valence-corrected chi connectivity index (χ1v) is 14.9. The number of aliphatic carboxylic acids is 1. The third-order valence-corrected chi connectivity index (χ3v) is 6.30. The van der Waals surface area contributed by atoms with E-state index in [1.54, 1.807) is 0 Å². The maximum Gasteiger partial charge on any atom is 0.407 e. The number of amides is 4. The van der Waals surface area contributed by atoms with Crippen LogP contribution in [0.5, 0.6) is 0 Å². The summed E-state index contributed by atoms with van der Waals surface area (Å²) in [7, 11) is 0. The first kappa shape index (κ1) is 34.7. The molecule has 1 rings (SSSR count). The Morgan fingerprint density at radius 1 is 0.850 bits per heavy atom. The zero-order chi connectivity index (χ0) is 30.1. The Balaban J connectivity index is 3.05. The lowest BCUT2D eigenvalue weighted by molar-refractivity contribution is -0.137. The van der Waals surface area contributed by atoms with Gasteiger partial charge in [-0.1, -0.05) is 58.0 Å². The SMILES string of the molecule is CSCCC(NC(=O)OCC(C)C)C(=O)NC(CC(C)C)C(=O)NC(Cc1ccccc1)C(=O)NCCC(=O)O. The van der Waals surface area contributed by atoms with Crippen LogP contribution in [0.2, 0.25) is 0 Å². The Labute approximate surface area is 240 Å². The molecule has 0 fully saturated rings. The van der Waals surface area contributed by atoms with Crippen molar-refractivity contribution in [1.29, 1.82) is 0 Å². The monoisotopic (exact) mass is 580 g/mol. The van der Waals surface area contributed by atoms with Crippen molar-refractivity contribution in [3.05, 3.63) is 35.9 Å². The van der Waals surface area contributed by atoms with E-state index < -0.39 is 47.9 Å². The molecule has 0 saturated heterocycles. The van der Waals surface area contributed by atoms with Crippen LogP contribution >= 0.6 is 11.8 Å². The fourth-order valence-electron chi connectivity index (χ4n) is 3.65. The van der Waals surface area contributed by atoms with Crippen LogP contribution in [0.15, 0.2) is 30.3 Å². The molecule has 0 radical (unpaired) electrons. The Bertz CT molecular complexity index is 959. The van der Waals surface area contributed by atoms with Gasteiger partial charge in [-0.25, -0.2) is 4.79 Å². The van der Waals surface area contributed by atoms with E-state index in [0.29, 0.717) is 18.6 Å². The summed E-state index contributed by atoms with van der Waals surface area (Å²) in [6.45, 7) is 7.73. The highest BCUT2D eigenvalue weighted by Gasteiger charge is 2.30. The average Bonchev–Trinajstić information content (AvgIpc) is 2.88. The fraction of sp³-hybridized carbons (Fsp3) is 0.607. The Hall–Kier alpha value is -3.28. The number of benzene rings is 1. The van der Waals surface area contributed by atoms with Gasteiger partial charge >= 0.3 is 12.1 Å². The molecule has 0 aliphatic heterocycles. The number of ether oxygens (including phenoxy) is 1. The third-order valence-electron chi connectivity index (χ3n) is 5.66. The summed E-state index contributed by atoms with van der Waals surface area (Å²) < 4.78 is 5.17. The Morgan fingerprint density at radius 3 is 2.05 bits per heavy atom. The van der Waals surface area contributed by atoms with E-state index in [4.69, 9.17) is 9.84 Å². The van der Waals surface area contributed by atoms with Crippen molar-refractivity contribution in [3.63, 3.8) is 0 Å². The van der Waals surface area contributed by atoms with E-state index in [0.717, 1.165) is 5.56 Å². The molecule has 0 heterocycles. The number of alkyl carbamates (subject to hydrolysis) is 1. The number of nitrogens with one attached hydrogen (secondary N) is 4. The predicted molar refractivity (Wildman–Crippen MR) is 155 cm³/mol. The molecule has 5 N–H and O–H groups in total. The van der Waals surface area contributed by atoms with Gasteiger partial charge in [0.15, 0.2) is 0 Å². The topological polar surface area (TPSA) is 163 Å². The van der Waals surface area contributed by atoms with Crippen molar-refractivity contribution in [2.45, 2.75) is 71.5 Å². The molecular weight excluding hydrogens is 536 g/mol. The van der Waals surface area contributed by atoms with Gasteiger partial charge in [0.05, 0.1) is 13.0 Å². The molecule has 3 atom stereocenters. The molecule has 1 aromatic rings. The molecule has 3 unspecified atom stereocenters. The molecule has 0 aliphatic rings. The normalized spacial score (nSPS) is 13.2. The van der Waals surface area contributed by atoms with Gasteiger partial charge in [0.1, 0.15) is 18.1 Å². The van der Waals surface area contributed by atoms with Crippen LogP contribution in [0, 0.1) is 11.8 Å². The lowest BCUT2D eigenvalue weighted by Gasteiger charge is -2.26. The van der Waals surface area contributed by atoms with Crippen molar-refractivity contribution in [2.24, 2.45) is 11.8 Å². The number of carbonyl (C=O) groups is 5. The van der Waals surface area contributed by atoms with Gasteiger partial charge in [0.25, 0.3) is 0 Å². The molecule has 11 nitrogen and oxygen atoms in total. The van der Waals surface area contributed by atoms with Crippen LogP contribution in [-0.4, -0.2) is 78.2 Å². The fourth-order valence-corrected chi connectivity index (χ4v) is 4.12. The maximum atomic E-state index is 13.4. The van der Waals surface area contributed by atoms with Crippen molar-refractivity contribution in [2.75, 3.05) is 25.2 Å². The molecule has 4 amide bonds. The van der Waals surface area contributed by atoms with E-state index >= 15 is 0 Å². The summed E-state index contributed by atoms with van der Waals surface area (Å²) in [4.78, 5) is 62.7. The minimum Gasteiger partial charge on any atom is -0.481 e. The van der Waals surface area contributed by atoms with Crippen LogP contribution in [-0.2, 0) is 30.3 Å². The van der Waals surface area contributed by atoms with Crippen molar-refractivity contribution >= 4 is 41.5 Å². The molecule has 0 spiro atoms. The van der Waals surface area contributed by atoms with Gasteiger partial charge in [0, 0.05) is 13.0 Å². The van der Waals surface area contributed by atoms with Crippen LogP contribution in [0.4, 0.5) is 4.79 Å². The minimum absolute atomic E-state index is 0.0293. The average molecular weight is 581 g/mol. The number of carboxylic acid groups (broad SMARTS) is 1. The summed E-state index contributed by atoms with van der Waals surface area (Å²) in [5.74, 6) is -1.90. The molecule has 12 heteroatoms. The molecule has 0 bridgehead atoms. The van der Waals surface area contributed by atoms with E-state index in [9.17, 15) is 24.0 Å². The van der Waals surface area contributed by atoms with Crippen molar-refractivity contribution in [1.82, 2.24) is 21.3 Å². The Morgan fingerprint density at radius 2 is 1.48 bits per heavy atom. The van der Waals surface area contributed by atoms with Gasteiger partial charge in [0.2, 0.25) is 17.7 Å². The minimum atomic E-state index is -1.05. The van der Waals surface area contributed by atoms with Crippen LogP contribution in [0.3, 0.4) is 0 Å². The highest BCUT2D eigenvalue weighted by Crippen LogP contribution is 2.10. The molecular formula is C28H44N4O7S. The summed E-state index contributed by atoms with van der Waals surface area (Å²) in [6.07, 6.45) is 1.73. The number of thioether (sulfide) groups is 1. The van der Waals surface area contributed by atoms with Gasteiger partial charge in [-0.05, 0) is 42.2 Å². The standard InChI is InChI=1S/C28H44N4O7S/c1-18(2)15-22(30-26(36)21(12-14-40-5)32-28(38)39-17-19(3)4)27(37)31-23(16-20-9-7-6-8-10-20)25(35)29-13-11-24(33)34/h6-10,18-19,21-23H,11-17H2,1-5H3,(H,29,35)(H,30,36)(H,31,37)(H,32,38)(H,33,34). The number of carbonyl (C=O) groups excluding carboxylic acids is 4. The lowest BCUT2D eigenvalue weighted by atomic mass is 10.0. The third kappa shape index (κ3) is 14.8. The second kappa shape index (κ2) is 18.9. The first-order chi connectivity index (χ1) is 18.9. The highest BCUT2D eigenvalue weighted by atomic mass is 32.2. The highest BCUT2D eigenvalue weighted by molar-refractivity contribution is 7.98. The zero-order valence-electron chi connectivity index (χ0n) is 24.0. The number of carboxylic acids is 1. The predicted octanol–water partition coefficient (Wildman–Crippen LogP) is 2.34. The van der Waals surface area contributed by atoms with Gasteiger partial charge in [-0.15, -0.1) is 0 Å². The van der Waals surface area contributed by atoms with Crippen molar-refractivity contribution in [3.8, 4) is 0 Å². The second-order valence-electron chi connectivity index (χ2n) is 10.3. The molecule has 40 heavy (non-hydrogen) atoms. The lowest BCUT2D eigenvalue weighted by Crippen LogP contribution is -2.57. The van der Waals surface area contributed by atoms with E-state index in [-0.39, 0.29) is 37.8 Å². The molecule has 1 aromatic carbocycles. The number of hydrogen-bond acceptors (Lipinski definition) is 7. The maximum absolute atomic E-state index is 13.4. The summed E-state index contributed by atoms with van der Waals surface area (Å²) in [5.41, 5.74) is 0.798. The molecule has 224 valence electrons. The molecule has 0 aromatic heterocycles. The number of hydrogen-bond donors (Lipinski definition) is 5. The van der Waals surface area contributed by atoms with Crippen LogP contribution in [0.25, 0.3) is 0 Å². The van der Waals surface area contributed by atoms with Gasteiger partial charge in [-0.2, -0.15) is 11.8 Å². The Kier molecular flexibility index (Phi) is 16.4. The second-order valence-corrected chi connectivity index (χ2v) is 11.3. The quantitative estimate of drug-likeness (QED) is 0.177. The smallest absolute Gasteiger partial charge is 0.407 e. The van der Waals surface area contributed by atoms with E-state index in [1.165, 1.54) is 11.8 Å². The molecule has 0 aliphatic carbocycles. The summed E-state index contributed by atoms with van der Waals surface area (Å²) in [6, 6.07) is 6.22. The summed E-state index contributed by atoms with van der Waals surface area (Å²) >= 11 is 1.52. The zero-order valence-corrected chi connectivity index (χ0v) is 24.8. The number of rotatable bonds is 18.